The van der Waals surface area contributed by atoms with Crippen molar-refractivity contribution in [2.45, 2.75) is 193 Å². The van der Waals surface area contributed by atoms with Crippen molar-refractivity contribution < 1.29 is 106 Å². The van der Waals surface area contributed by atoms with Crippen LogP contribution in [0.1, 0.15) is 235 Å². The van der Waals surface area contributed by atoms with E-state index in [1.807, 2.05) is 24.3 Å². The third kappa shape index (κ3) is 23.6. The van der Waals surface area contributed by atoms with E-state index >= 15 is 0 Å². The number of morpholine rings is 2. The highest BCUT2D eigenvalue weighted by molar-refractivity contribution is 9.09. The number of halogens is 4. The van der Waals surface area contributed by atoms with Gasteiger partial charge in [-0.2, -0.15) is 0 Å². The minimum Gasteiger partial charge on any atom is -0.508 e. The number of imide groups is 6. The molecule has 7 saturated heterocycles. The van der Waals surface area contributed by atoms with Gasteiger partial charge in [0.25, 0.3) is 35.4 Å². The summed E-state index contributed by atoms with van der Waals surface area (Å²) in [6.45, 7) is 42.4. The number of fused-ring (bicyclic) bond motifs is 3. The molecule has 19 rings (SSSR count). The fourth-order valence-corrected chi connectivity index (χ4v) is 23.9. The van der Waals surface area contributed by atoms with Gasteiger partial charge in [0, 0.05) is 152 Å². The van der Waals surface area contributed by atoms with Crippen LogP contribution in [0, 0.1) is 46.6 Å². The molecule has 0 aromatic heterocycles. The van der Waals surface area contributed by atoms with Crippen LogP contribution in [0.25, 0.3) is 9.69 Å². The number of amides is 12. The van der Waals surface area contributed by atoms with Crippen LogP contribution < -0.4 is 50.0 Å². The number of aliphatic hydroxyl groups is 1. The number of hydrogen-bond donors (Lipinski definition) is 6. The summed E-state index contributed by atoms with van der Waals surface area (Å²) >= 11 is 19.0. The number of Topliss-reactive ketones (excluding diaryl/α,β-unsaturated/α-hetero) is 2. The molecular formula is C110H122Br2Cl2N12O22. The summed E-state index contributed by atoms with van der Waals surface area (Å²) in [4.78, 5) is 190. The number of hydrogen-bond acceptors (Lipinski definition) is 26. The molecule has 2 aliphatic carbocycles. The van der Waals surface area contributed by atoms with Crippen molar-refractivity contribution in [1.29, 1.82) is 0 Å². The first-order chi connectivity index (χ1) is 70.6. The van der Waals surface area contributed by atoms with Crippen LogP contribution in [0.4, 0.5) is 22.7 Å². The van der Waals surface area contributed by atoms with E-state index < -0.39 is 89.0 Å². The molecule has 3 unspecified atom stereocenters. The molecule has 2 saturated carbocycles. The number of nitrogens with one attached hydrogen (secondary N) is 4. The lowest BCUT2D eigenvalue weighted by Crippen LogP contribution is -2.66. The van der Waals surface area contributed by atoms with E-state index in [-0.39, 0.29) is 146 Å². The second kappa shape index (κ2) is 46.4. The Balaban J connectivity index is 0.000000159. The minimum absolute atomic E-state index is 0.0118. The SMILES string of the molecule is O=C1CCC(N2C(=O)c3ccc(O)cc3C2=O)C(=O)N1.O=C1CCC(N2C(=O)c3ccc(OCCCBr)cc3C2=O)C(=O)N1.OCCCBr.[C-]#[N+]c1ccc(OC2C(C)(C)C(CC(=O)c3ccc(N4CCC5(CC4)CN(CCCOc4ccc6c(c4)C(=O)N(C4CCC(=O)NC4=O)C6=O)CCO5)cc3)C2(C)C)cc1Cl.[C-]#[N+]c1ccc(OC2C(C)(C)C(CC(=O)c3ccc(N4CCC5(CC4)CNCCO5)cc3)C2(C)C)cc1Cl. The van der Waals surface area contributed by atoms with E-state index in [0.717, 1.165) is 147 Å². The molecule has 7 aromatic carbocycles. The number of phenols is 1. The smallest absolute Gasteiger partial charge is 0.262 e. The average Bonchev–Trinajstić information content (AvgIpc) is 1.68. The fourth-order valence-electron chi connectivity index (χ4n) is 23.0. The summed E-state index contributed by atoms with van der Waals surface area (Å²) in [5.74, 6) is -3.77. The normalized spacial score (nSPS) is 23.0. The van der Waals surface area contributed by atoms with Gasteiger partial charge in [-0.3, -0.25) is 103 Å². The average molecular weight is 2190 g/mol. The standard InChI is InChI=1S/C47H52ClN5O8.C31H38ClN3O3.C16H15BrN2O5.C13H10N2O5.C3H7BrO/c1-45(2)39(46(3,4)44(45)61-32-12-14-36(49-5)35(48)26-32)27-38(54)29-7-9-30(10-8-29)52-20-17-47(18-21-52)28-51(22-24-60-47)19-6-23-59-31-11-13-33-34(25-31)43(58)53(42(33)57)37-15-16-40(55)50-41(37)56;1-29(2)27(30(3,4)28(29)38-23-10-11-25(33-5)24(32)18-23)19-26(36)21-6-8-22(9-7-21)35-15-12-31(13-16-35)20-34-14-17-37-31;17-6-1-7-24-9-2-3-10-11(8-9)16(23)19(15(10)22)12-4-5-13(20)18-14(12)21;16-6-1-2-7-8(5-6)13(20)15(12(7)19)9-3-4-10(17)14-11(9)18;4-2-1-3-5/h7-14,25-26,37,39,44H,6,15-24,27-28H2,1-4H3,(H,50,55,56);6-11,18,27-28,34H,12-17,19-20H2,1-4H3;2-3,8,12H,1,4-7H2,(H,18,20,21);1-2,5,9,16H,3-4H2,(H,14,17,18);5H,1-3H2. The maximum atomic E-state index is 13.7. The third-order valence-corrected chi connectivity index (χ3v) is 32.3. The molecule has 148 heavy (non-hydrogen) atoms. The van der Waals surface area contributed by atoms with Gasteiger partial charge in [0.15, 0.2) is 11.6 Å². The summed E-state index contributed by atoms with van der Waals surface area (Å²) in [6, 6.07) is 36.9. The number of phenolic OH excluding ortho intramolecular Hbond substituents is 1. The van der Waals surface area contributed by atoms with Crippen molar-refractivity contribution in [1.82, 2.24) is 40.9 Å². The lowest BCUT2D eigenvalue weighted by molar-refractivity contribution is -0.196. The Bertz CT molecular complexity index is 6360. The highest BCUT2D eigenvalue weighted by Crippen LogP contribution is 2.64. The van der Waals surface area contributed by atoms with Gasteiger partial charge >= 0.3 is 0 Å². The van der Waals surface area contributed by atoms with Gasteiger partial charge in [0.1, 0.15) is 59.1 Å². The van der Waals surface area contributed by atoms with Gasteiger partial charge in [-0.25, -0.2) is 9.69 Å². The van der Waals surface area contributed by atoms with Crippen molar-refractivity contribution in [2.75, 3.05) is 112 Å². The molecule has 10 aliphatic heterocycles. The molecule has 0 bridgehead atoms. The summed E-state index contributed by atoms with van der Waals surface area (Å²) in [7, 11) is 0. The van der Waals surface area contributed by atoms with E-state index in [0.29, 0.717) is 89.3 Å². The Kier molecular flexibility index (Phi) is 34.4. The van der Waals surface area contributed by atoms with Gasteiger partial charge in [-0.15, -0.1) is 0 Å². The van der Waals surface area contributed by atoms with Crippen molar-refractivity contribution >= 4 is 160 Å². The van der Waals surface area contributed by atoms with Crippen LogP contribution >= 0.6 is 55.1 Å². The molecule has 38 heteroatoms. The van der Waals surface area contributed by atoms with E-state index in [2.05, 4.69) is 157 Å². The molecule has 12 aliphatic rings. The Hall–Kier alpha value is -12.4. The van der Waals surface area contributed by atoms with Crippen LogP contribution in [0.15, 0.2) is 140 Å². The Labute approximate surface area is 885 Å². The zero-order valence-corrected chi connectivity index (χ0v) is 88.6. The molecule has 3 atom stereocenters. The lowest BCUT2D eigenvalue weighted by Gasteiger charge is -2.63. The number of ketones is 2. The first kappa shape index (κ1) is 110. The molecule has 2 spiro atoms. The molecular weight excluding hydrogens is 2070 g/mol. The maximum Gasteiger partial charge on any atom is 0.262 e. The van der Waals surface area contributed by atoms with Crippen LogP contribution in [0.3, 0.4) is 0 Å². The molecule has 34 nitrogen and oxygen atoms in total. The number of aliphatic hydroxyl groups excluding tert-OH is 1. The van der Waals surface area contributed by atoms with Crippen LogP contribution in [-0.2, 0) is 38.2 Å². The van der Waals surface area contributed by atoms with Gasteiger partial charge in [0.05, 0.1) is 94.2 Å². The lowest BCUT2D eigenvalue weighted by atomic mass is 9.44. The van der Waals surface area contributed by atoms with E-state index in [1.165, 1.54) is 36.0 Å². The van der Waals surface area contributed by atoms with Crippen molar-refractivity contribution in [3.05, 3.63) is 217 Å². The van der Waals surface area contributed by atoms with E-state index in [4.69, 9.17) is 69.9 Å². The molecule has 0 radical (unpaired) electrons. The van der Waals surface area contributed by atoms with Crippen molar-refractivity contribution in [3.63, 3.8) is 0 Å². The molecule has 12 amide bonds. The van der Waals surface area contributed by atoms with Crippen LogP contribution in [0.5, 0.6) is 28.7 Å². The first-order valence-corrected chi connectivity index (χ1v) is 53.0. The molecule has 7 aromatic rings. The minimum atomic E-state index is -1.01. The summed E-state index contributed by atoms with van der Waals surface area (Å²) < 4.78 is 36.9. The highest BCUT2D eigenvalue weighted by atomic mass is 79.9. The second-order valence-corrected chi connectivity index (χ2v) is 43.9. The van der Waals surface area contributed by atoms with Gasteiger partial charge in [-0.05, 0) is 203 Å². The summed E-state index contributed by atoms with van der Waals surface area (Å²) in [5, 5.41) is 29.9. The zero-order chi connectivity index (χ0) is 106. The molecule has 9 fully saturated rings. The topological polar surface area (TPSA) is 411 Å². The number of carbonyl (C=O) groups excluding carboxylic acids is 14. The van der Waals surface area contributed by atoms with Crippen LogP contribution in [-0.4, -0.2) is 256 Å². The number of alkyl halides is 2. The highest BCUT2D eigenvalue weighted by Gasteiger charge is 2.65. The third-order valence-electron chi connectivity index (χ3n) is 30.6. The molecule has 10 heterocycles. The molecule has 6 N–H and O–H groups in total. The number of ether oxygens (including phenoxy) is 6. The zero-order valence-electron chi connectivity index (χ0n) is 83.9. The second-order valence-electron chi connectivity index (χ2n) is 41.5. The first-order valence-electron chi connectivity index (χ1n) is 50.0. The number of piperidine rings is 5. The Morgan fingerprint density at radius 3 is 1.19 bits per heavy atom. The van der Waals surface area contributed by atoms with Crippen molar-refractivity contribution in [3.8, 4) is 28.7 Å². The predicted octanol–water partition coefficient (Wildman–Crippen LogP) is 15.5. The summed E-state index contributed by atoms with van der Waals surface area (Å²) in [6.07, 6.45) is 7.58. The number of nitrogens with zero attached hydrogens (tertiary/aromatic N) is 8. The number of benzene rings is 7. The fraction of sp³-hybridized carbons (Fsp3) is 0.473. The number of anilines is 2. The quantitative estimate of drug-likeness (QED) is 0.00964. The number of rotatable bonds is 26. The summed E-state index contributed by atoms with van der Waals surface area (Å²) in [5.41, 5.74) is 4.55. The monoisotopic (exact) mass is 2190 g/mol. The Morgan fingerprint density at radius 1 is 0.453 bits per heavy atom. The Morgan fingerprint density at radius 2 is 0.824 bits per heavy atom. The number of carbonyl (C=O) groups is 14. The predicted molar refractivity (Wildman–Crippen MR) is 557 cm³/mol. The van der Waals surface area contributed by atoms with Crippen molar-refractivity contribution in [2.24, 2.45) is 33.5 Å². The van der Waals surface area contributed by atoms with E-state index in [9.17, 15) is 72.2 Å². The number of aromatic hydroxyl groups is 1. The van der Waals surface area contributed by atoms with E-state index in [1.54, 1.807) is 60.7 Å². The van der Waals surface area contributed by atoms with Gasteiger partial charge in [0.2, 0.25) is 46.8 Å². The van der Waals surface area contributed by atoms with Crippen LogP contribution in [0.2, 0.25) is 10.0 Å². The van der Waals surface area contributed by atoms with Gasteiger partial charge in [-0.1, -0.05) is 123 Å². The maximum absolute atomic E-state index is 13.7. The van der Waals surface area contributed by atoms with Gasteiger partial charge < -0.3 is 53.8 Å². The largest absolute Gasteiger partial charge is 0.508 e. The molecule has 782 valence electrons.